The van der Waals surface area contributed by atoms with Gasteiger partial charge in [-0.3, -0.25) is 15.0 Å². The molecule has 2 aromatic carbocycles. The number of hydrogen-bond donors (Lipinski definition) is 4. The number of anilines is 2. The molecule has 1 aliphatic heterocycles. The van der Waals surface area contributed by atoms with Gasteiger partial charge in [-0.1, -0.05) is 18.7 Å². The maximum atomic E-state index is 13.9. The lowest BCUT2D eigenvalue weighted by Gasteiger charge is -2.33. The van der Waals surface area contributed by atoms with E-state index in [4.69, 9.17) is 15.9 Å². The van der Waals surface area contributed by atoms with E-state index < -0.39 is 11.4 Å². The van der Waals surface area contributed by atoms with Crippen LogP contribution in [0.5, 0.6) is 11.5 Å². The highest BCUT2D eigenvalue weighted by Crippen LogP contribution is 2.27. The number of rotatable bonds is 7. The van der Waals surface area contributed by atoms with Gasteiger partial charge in [-0.15, -0.1) is 0 Å². The minimum atomic E-state index is -0.523. The van der Waals surface area contributed by atoms with Gasteiger partial charge in [0.15, 0.2) is 17.4 Å². The molecule has 1 aromatic heterocycles. The van der Waals surface area contributed by atoms with Gasteiger partial charge >= 0.3 is 0 Å². The predicted octanol–water partition coefficient (Wildman–Crippen LogP) is 3.29. The van der Waals surface area contributed by atoms with Crippen molar-refractivity contribution in [3.05, 3.63) is 88.5 Å². The van der Waals surface area contributed by atoms with Crippen molar-refractivity contribution in [3.8, 4) is 11.5 Å². The van der Waals surface area contributed by atoms with E-state index in [0.29, 0.717) is 24.4 Å². The number of carbonyl (C=O) groups excluding carboxylic acids is 1. The second kappa shape index (κ2) is 10.2. The number of benzene rings is 2. The second-order valence-corrected chi connectivity index (χ2v) is 8.09. The Labute approximate surface area is 200 Å². The summed E-state index contributed by atoms with van der Waals surface area (Å²) in [5.41, 5.74) is 6.27. The van der Waals surface area contributed by atoms with Crippen molar-refractivity contribution < 1.29 is 13.9 Å². The van der Waals surface area contributed by atoms with E-state index in [1.807, 2.05) is 0 Å². The summed E-state index contributed by atoms with van der Waals surface area (Å²) in [6.07, 6.45) is 2.75. The SMILES string of the molecule is C=CC(=O)N1CCC[C@@H](Nc2c(C(=N)c3ccc(Oc4ccccc4F)cc3)c(N)n[nH]c2=O)C1. The number of aromatic amines is 1. The molecule has 10 heteroatoms. The number of ether oxygens (including phenoxy) is 1. The van der Waals surface area contributed by atoms with Crippen molar-refractivity contribution in [2.45, 2.75) is 18.9 Å². The summed E-state index contributed by atoms with van der Waals surface area (Å²) in [7, 11) is 0. The molecule has 0 unspecified atom stereocenters. The number of likely N-dealkylation sites (tertiary alicyclic amines) is 1. The van der Waals surface area contributed by atoms with Gasteiger partial charge < -0.3 is 20.7 Å². The normalized spacial score (nSPS) is 15.3. The fourth-order valence-corrected chi connectivity index (χ4v) is 3.97. The van der Waals surface area contributed by atoms with Crippen LogP contribution in [0.15, 0.2) is 66.0 Å². The van der Waals surface area contributed by atoms with E-state index in [0.717, 1.165) is 12.8 Å². The molecule has 1 fully saturated rings. The van der Waals surface area contributed by atoms with Crippen molar-refractivity contribution in [1.82, 2.24) is 15.1 Å². The molecule has 0 aliphatic carbocycles. The molecule has 2 heterocycles. The Hall–Kier alpha value is -4.47. The predicted molar refractivity (Wildman–Crippen MR) is 132 cm³/mol. The third-order valence-electron chi connectivity index (χ3n) is 5.72. The quantitative estimate of drug-likeness (QED) is 0.305. The van der Waals surface area contributed by atoms with E-state index in [1.165, 1.54) is 18.2 Å². The molecule has 9 nitrogen and oxygen atoms in total. The van der Waals surface area contributed by atoms with Crippen LogP contribution >= 0.6 is 0 Å². The van der Waals surface area contributed by atoms with Crippen LogP contribution in [0.25, 0.3) is 0 Å². The second-order valence-electron chi connectivity index (χ2n) is 8.09. The molecule has 1 atom stereocenters. The van der Waals surface area contributed by atoms with Gasteiger partial charge in [0.05, 0.1) is 11.3 Å². The molecule has 0 radical (unpaired) electrons. The number of carbonyl (C=O) groups is 1. The van der Waals surface area contributed by atoms with Gasteiger partial charge in [-0.25, -0.2) is 9.49 Å². The highest BCUT2D eigenvalue weighted by molar-refractivity contribution is 6.16. The number of nitrogens with two attached hydrogens (primary N) is 1. The zero-order valence-corrected chi connectivity index (χ0v) is 18.9. The Bertz CT molecular complexity index is 1320. The smallest absolute Gasteiger partial charge is 0.288 e. The monoisotopic (exact) mass is 476 g/mol. The summed E-state index contributed by atoms with van der Waals surface area (Å²) in [6, 6.07) is 12.3. The third-order valence-corrected chi connectivity index (χ3v) is 5.72. The molecule has 5 N–H and O–H groups in total. The van der Waals surface area contributed by atoms with Crippen molar-refractivity contribution in [2.24, 2.45) is 0 Å². The summed E-state index contributed by atoms with van der Waals surface area (Å²) in [4.78, 5) is 26.4. The Morgan fingerprint density at radius 2 is 2.03 bits per heavy atom. The number of nitrogens with zero attached hydrogens (tertiary/aromatic N) is 2. The maximum absolute atomic E-state index is 13.9. The molecule has 0 spiro atoms. The summed E-state index contributed by atoms with van der Waals surface area (Å²) in [5, 5.41) is 18.1. The number of aromatic nitrogens is 2. The fourth-order valence-electron chi connectivity index (χ4n) is 3.97. The average molecular weight is 477 g/mol. The minimum absolute atomic E-state index is 0.0152. The first-order chi connectivity index (χ1) is 16.9. The van der Waals surface area contributed by atoms with Crippen LogP contribution in [0.3, 0.4) is 0 Å². The van der Waals surface area contributed by atoms with Crippen molar-refractivity contribution in [2.75, 3.05) is 24.1 Å². The van der Waals surface area contributed by atoms with E-state index in [1.54, 1.807) is 41.3 Å². The molecule has 0 saturated carbocycles. The first-order valence-electron chi connectivity index (χ1n) is 11.0. The lowest BCUT2D eigenvalue weighted by Crippen LogP contribution is -2.45. The van der Waals surface area contributed by atoms with Gasteiger partial charge in [0, 0.05) is 24.7 Å². The Morgan fingerprint density at radius 1 is 1.29 bits per heavy atom. The highest BCUT2D eigenvalue weighted by Gasteiger charge is 2.26. The molecule has 35 heavy (non-hydrogen) atoms. The van der Waals surface area contributed by atoms with Crippen molar-refractivity contribution in [1.29, 1.82) is 5.41 Å². The number of nitrogens with one attached hydrogen (secondary N) is 3. The van der Waals surface area contributed by atoms with Gasteiger partial charge in [-0.05, 0) is 55.3 Å². The van der Waals surface area contributed by atoms with Crippen LogP contribution in [-0.2, 0) is 4.79 Å². The number of hydrogen-bond acceptors (Lipinski definition) is 7. The van der Waals surface area contributed by atoms with E-state index >= 15 is 0 Å². The van der Waals surface area contributed by atoms with E-state index in [2.05, 4.69) is 22.1 Å². The topological polar surface area (TPSA) is 137 Å². The number of amides is 1. The number of halogens is 1. The lowest BCUT2D eigenvalue weighted by molar-refractivity contribution is -0.127. The summed E-state index contributed by atoms with van der Waals surface area (Å²) >= 11 is 0. The zero-order chi connectivity index (χ0) is 24.9. The molecule has 180 valence electrons. The van der Waals surface area contributed by atoms with Crippen LogP contribution in [0, 0.1) is 11.2 Å². The van der Waals surface area contributed by atoms with E-state index in [-0.39, 0.29) is 40.5 Å². The van der Waals surface area contributed by atoms with Gasteiger partial charge in [0.1, 0.15) is 11.4 Å². The molecule has 1 saturated heterocycles. The first-order valence-corrected chi connectivity index (χ1v) is 11.0. The lowest BCUT2D eigenvalue weighted by atomic mass is 10.00. The standard InChI is InChI=1S/C25H25FN6O3/c1-2-20(33)32-13-5-6-16(14-32)29-23-21(24(28)30-31-25(23)34)22(27)15-9-11-17(12-10-15)35-19-8-4-3-7-18(19)26/h2-4,7-12,16,27H,1,5-6,13-14H2,(H,31,34)(H3,28,29,30)/t16-/m1/s1. The summed E-state index contributed by atoms with van der Waals surface area (Å²) < 4.78 is 19.4. The number of nitrogen functional groups attached to an aromatic ring is 1. The molecule has 1 aliphatic rings. The van der Waals surface area contributed by atoms with Crippen LogP contribution in [-0.4, -0.2) is 45.8 Å². The Balaban J connectivity index is 1.58. The first kappa shape index (κ1) is 23.7. The van der Waals surface area contributed by atoms with Crippen LogP contribution in [0.4, 0.5) is 15.9 Å². The largest absolute Gasteiger partial charge is 0.454 e. The number of H-pyrrole nitrogens is 1. The molecule has 4 rings (SSSR count). The van der Waals surface area contributed by atoms with E-state index in [9.17, 15) is 14.0 Å². The van der Waals surface area contributed by atoms with Crippen LogP contribution in [0.1, 0.15) is 24.0 Å². The van der Waals surface area contributed by atoms with Crippen molar-refractivity contribution in [3.63, 3.8) is 0 Å². The summed E-state index contributed by atoms with van der Waals surface area (Å²) in [5.74, 6) is -0.208. The molecular weight excluding hydrogens is 451 g/mol. The Kier molecular flexibility index (Phi) is 6.91. The Morgan fingerprint density at radius 3 is 2.74 bits per heavy atom. The third kappa shape index (κ3) is 5.21. The average Bonchev–Trinajstić information content (AvgIpc) is 2.87. The molecule has 3 aromatic rings. The van der Waals surface area contributed by atoms with Gasteiger partial charge in [-0.2, -0.15) is 5.10 Å². The zero-order valence-electron chi connectivity index (χ0n) is 18.9. The van der Waals surface area contributed by atoms with Crippen LogP contribution < -0.4 is 21.3 Å². The van der Waals surface area contributed by atoms with Gasteiger partial charge in [0.25, 0.3) is 5.56 Å². The maximum Gasteiger partial charge on any atom is 0.288 e. The highest BCUT2D eigenvalue weighted by atomic mass is 19.1. The van der Waals surface area contributed by atoms with Crippen molar-refractivity contribution >= 4 is 23.1 Å². The number of para-hydroxylation sites is 1. The molecular formula is C25H25FN6O3. The molecule has 1 amide bonds. The molecule has 0 bridgehead atoms. The van der Waals surface area contributed by atoms with Crippen LogP contribution in [0.2, 0.25) is 0 Å². The number of piperidine rings is 1. The van der Waals surface area contributed by atoms with Gasteiger partial charge in [0.2, 0.25) is 5.91 Å². The minimum Gasteiger partial charge on any atom is -0.454 e. The fraction of sp³-hybridized carbons (Fsp3) is 0.200. The summed E-state index contributed by atoms with van der Waals surface area (Å²) in [6.45, 7) is 4.53.